The standard InChI is InChI=1S/C22H26N4OS/c1-15-4-5-17(12-16(15)2)13-21(27)23-18-6-7-19-20(14-18)28-22(24-19)26-10-8-25(3)9-11-26/h4-7,12,14H,8-11,13H2,1-3H3,(H,23,27). The van der Waals surface area contributed by atoms with Gasteiger partial charge in [-0.25, -0.2) is 4.98 Å². The van der Waals surface area contributed by atoms with Crippen molar-refractivity contribution in [2.75, 3.05) is 43.4 Å². The lowest BCUT2D eigenvalue weighted by molar-refractivity contribution is -0.115. The highest BCUT2D eigenvalue weighted by molar-refractivity contribution is 7.22. The normalized spacial score (nSPS) is 15.2. The zero-order chi connectivity index (χ0) is 19.7. The van der Waals surface area contributed by atoms with Gasteiger partial charge in [0, 0.05) is 31.9 Å². The number of amides is 1. The van der Waals surface area contributed by atoms with Gasteiger partial charge in [0.1, 0.15) is 0 Å². The Bertz CT molecular complexity index is 1000. The molecule has 0 aliphatic carbocycles. The molecular formula is C22H26N4OS. The minimum absolute atomic E-state index is 0.00593. The van der Waals surface area contributed by atoms with Crippen molar-refractivity contribution in [2.24, 2.45) is 0 Å². The van der Waals surface area contributed by atoms with Crippen LogP contribution in [0.15, 0.2) is 36.4 Å². The van der Waals surface area contributed by atoms with E-state index in [1.807, 2.05) is 24.3 Å². The molecule has 1 N–H and O–H groups in total. The van der Waals surface area contributed by atoms with E-state index in [4.69, 9.17) is 4.98 Å². The third-order valence-electron chi connectivity index (χ3n) is 5.37. The molecule has 0 spiro atoms. The zero-order valence-electron chi connectivity index (χ0n) is 16.7. The number of carbonyl (C=O) groups is 1. The second-order valence-electron chi connectivity index (χ2n) is 7.61. The predicted octanol–water partition coefficient (Wildman–Crippen LogP) is 3.85. The van der Waals surface area contributed by atoms with Crippen molar-refractivity contribution >= 4 is 38.3 Å². The van der Waals surface area contributed by atoms with Gasteiger partial charge in [0.25, 0.3) is 0 Å². The molecule has 5 nitrogen and oxygen atoms in total. The van der Waals surface area contributed by atoms with Gasteiger partial charge in [-0.15, -0.1) is 0 Å². The molecule has 28 heavy (non-hydrogen) atoms. The number of nitrogens with one attached hydrogen (secondary N) is 1. The van der Waals surface area contributed by atoms with E-state index in [-0.39, 0.29) is 5.91 Å². The molecule has 0 bridgehead atoms. The largest absolute Gasteiger partial charge is 0.345 e. The molecule has 1 saturated heterocycles. The van der Waals surface area contributed by atoms with Gasteiger partial charge in [-0.3, -0.25) is 4.79 Å². The topological polar surface area (TPSA) is 48.5 Å². The van der Waals surface area contributed by atoms with Crippen molar-refractivity contribution in [3.63, 3.8) is 0 Å². The van der Waals surface area contributed by atoms with E-state index < -0.39 is 0 Å². The van der Waals surface area contributed by atoms with Crippen molar-refractivity contribution in [1.29, 1.82) is 0 Å². The number of hydrogen-bond donors (Lipinski definition) is 1. The maximum atomic E-state index is 12.5. The van der Waals surface area contributed by atoms with Crippen molar-refractivity contribution in [2.45, 2.75) is 20.3 Å². The summed E-state index contributed by atoms with van der Waals surface area (Å²) in [6.45, 7) is 8.31. The second-order valence-corrected chi connectivity index (χ2v) is 8.62. The number of benzene rings is 2. The number of hydrogen-bond acceptors (Lipinski definition) is 5. The molecule has 6 heteroatoms. The summed E-state index contributed by atoms with van der Waals surface area (Å²) in [5, 5.41) is 4.10. The van der Waals surface area contributed by atoms with Crippen LogP contribution in [0.2, 0.25) is 0 Å². The summed E-state index contributed by atoms with van der Waals surface area (Å²) in [5.41, 5.74) is 5.32. The summed E-state index contributed by atoms with van der Waals surface area (Å²) in [7, 11) is 2.16. The number of rotatable bonds is 4. The van der Waals surface area contributed by atoms with Gasteiger partial charge in [0.05, 0.1) is 16.6 Å². The Morgan fingerprint density at radius 2 is 1.86 bits per heavy atom. The lowest BCUT2D eigenvalue weighted by Gasteiger charge is -2.31. The van der Waals surface area contributed by atoms with Crippen LogP contribution in [0.1, 0.15) is 16.7 Å². The smallest absolute Gasteiger partial charge is 0.228 e. The van der Waals surface area contributed by atoms with E-state index in [2.05, 4.69) is 48.1 Å². The minimum Gasteiger partial charge on any atom is -0.345 e. The maximum absolute atomic E-state index is 12.5. The first-order chi connectivity index (χ1) is 13.5. The fourth-order valence-electron chi connectivity index (χ4n) is 3.43. The van der Waals surface area contributed by atoms with Crippen molar-refractivity contribution in [1.82, 2.24) is 9.88 Å². The predicted molar refractivity (Wildman–Crippen MR) is 118 cm³/mol. The minimum atomic E-state index is 0.00593. The van der Waals surface area contributed by atoms with E-state index in [1.54, 1.807) is 11.3 Å². The lowest BCUT2D eigenvalue weighted by atomic mass is 10.0. The highest BCUT2D eigenvalue weighted by atomic mass is 32.1. The van der Waals surface area contributed by atoms with Gasteiger partial charge in [0.15, 0.2) is 5.13 Å². The van der Waals surface area contributed by atoms with E-state index >= 15 is 0 Å². The van der Waals surface area contributed by atoms with Gasteiger partial charge >= 0.3 is 0 Å². The Morgan fingerprint density at radius 3 is 2.61 bits per heavy atom. The van der Waals surface area contributed by atoms with Crippen molar-refractivity contribution < 1.29 is 4.79 Å². The molecule has 0 radical (unpaired) electrons. The van der Waals surface area contributed by atoms with Gasteiger partial charge in [-0.05, 0) is 55.8 Å². The first-order valence-electron chi connectivity index (χ1n) is 9.68. The highest BCUT2D eigenvalue weighted by Crippen LogP contribution is 2.31. The molecule has 1 amide bonds. The number of aromatic nitrogens is 1. The third kappa shape index (κ3) is 4.18. The monoisotopic (exact) mass is 394 g/mol. The van der Waals surface area contributed by atoms with Crippen LogP contribution < -0.4 is 10.2 Å². The molecule has 3 aromatic rings. The Hall–Kier alpha value is -2.44. The van der Waals surface area contributed by atoms with Crippen molar-refractivity contribution in [3.8, 4) is 0 Å². The average Bonchev–Trinajstić information content (AvgIpc) is 3.08. The van der Waals surface area contributed by atoms with Crippen LogP contribution in [0.3, 0.4) is 0 Å². The average molecular weight is 395 g/mol. The quantitative estimate of drug-likeness (QED) is 0.730. The number of anilines is 2. The Labute approximate surface area is 170 Å². The van der Waals surface area contributed by atoms with Crippen LogP contribution in [-0.2, 0) is 11.2 Å². The molecular weight excluding hydrogens is 368 g/mol. The lowest BCUT2D eigenvalue weighted by Crippen LogP contribution is -2.44. The van der Waals surface area contributed by atoms with Gasteiger partial charge in [-0.1, -0.05) is 29.5 Å². The SMILES string of the molecule is Cc1ccc(CC(=O)Nc2ccc3nc(N4CCN(C)CC4)sc3c2)cc1C. The van der Waals surface area contributed by atoms with Gasteiger partial charge in [0.2, 0.25) is 5.91 Å². The first-order valence-corrected chi connectivity index (χ1v) is 10.5. The Morgan fingerprint density at radius 1 is 1.07 bits per heavy atom. The maximum Gasteiger partial charge on any atom is 0.228 e. The number of likely N-dealkylation sites (N-methyl/N-ethyl adjacent to an activating group) is 1. The summed E-state index contributed by atoms with van der Waals surface area (Å²) >= 11 is 1.70. The van der Waals surface area contributed by atoms with Crippen LogP contribution in [0.4, 0.5) is 10.8 Å². The first kappa shape index (κ1) is 18.9. The Balaban J connectivity index is 1.45. The number of aryl methyl sites for hydroxylation is 2. The summed E-state index contributed by atoms with van der Waals surface area (Å²) < 4.78 is 1.11. The Kier molecular flexibility index (Phi) is 5.33. The molecule has 1 aliphatic heterocycles. The molecule has 0 unspecified atom stereocenters. The summed E-state index contributed by atoms with van der Waals surface area (Å²) in [5.74, 6) is 0.00593. The van der Waals surface area contributed by atoms with E-state index in [0.29, 0.717) is 6.42 Å². The van der Waals surface area contributed by atoms with Crippen LogP contribution in [0, 0.1) is 13.8 Å². The van der Waals surface area contributed by atoms with Crippen LogP contribution in [0.25, 0.3) is 10.2 Å². The fraction of sp³-hybridized carbons (Fsp3) is 0.364. The molecule has 0 atom stereocenters. The molecule has 4 rings (SSSR count). The molecule has 1 fully saturated rings. The number of thiazole rings is 1. The van der Waals surface area contributed by atoms with E-state index in [9.17, 15) is 4.79 Å². The molecule has 146 valence electrons. The molecule has 0 saturated carbocycles. The fourth-order valence-corrected chi connectivity index (χ4v) is 4.48. The summed E-state index contributed by atoms with van der Waals surface area (Å²) in [4.78, 5) is 21.9. The van der Waals surface area contributed by atoms with Gasteiger partial charge in [-0.2, -0.15) is 0 Å². The number of piperazine rings is 1. The number of nitrogens with zero attached hydrogens (tertiary/aromatic N) is 3. The summed E-state index contributed by atoms with van der Waals surface area (Å²) in [6, 6.07) is 12.2. The third-order valence-corrected chi connectivity index (χ3v) is 6.45. The van der Waals surface area contributed by atoms with E-state index in [0.717, 1.165) is 52.8 Å². The highest BCUT2D eigenvalue weighted by Gasteiger charge is 2.17. The second kappa shape index (κ2) is 7.89. The van der Waals surface area contributed by atoms with Crippen LogP contribution in [-0.4, -0.2) is 49.0 Å². The van der Waals surface area contributed by atoms with E-state index in [1.165, 1.54) is 11.1 Å². The molecule has 2 heterocycles. The van der Waals surface area contributed by atoms with Gasteiger partial charge < -0.3 is 15.1 Å². The van der Waals surface area contributed by atoms with Crippen LogP contribution in [0.5, 0.6) is 0 Å². The number of fused-ring (bicyclic) bond motifs is 1. The molecule has 1 aliphatic rings. The zero-order valence-corrected chi connectivity index (χ0v) is 17.5. The van der Waals surface area contributed by atoms with Crippen LogP contribution >= 0.6 is 11.3 Å². The summed E-state index contributed by atoms with van der Waals surface area (Å²) in [6.07, 6.45) is 0.383. The molecule has 1 aromatic heterocycles. The molecule has 2 aromatic carbocycles. The number of carbonyl (C=O) groups excluding carboxylic acids is 1. The van der Waals surface area contributed by atoms with Crippen molar-refractivity contribution in [3.05, 3.63) is 53.1 Å².